The summed E-state index contributed by atoms with van der Waals surface area (Å²) >= 11 is 0. The first-order chi connectivity index (χ1) is 12.3. The molecule has 1 aliphatic heterocycles. The fourth-order valence-corrected chi connectivity index (χ4v) is 3.30. The van der Waals surface area contributed by atoms with E-state index in [4.69, 9.17) is 0 Å². The molecule has 0 spiro atoms. The van der Waals surface area contributed by atoms with Crippen molar-refractivity contribution in [2.45, 2.75) is 32.0 Å². The lowest BCUT2D eigenvalue weighted by atomic mass is 9.97. The first-order valence-corrected chi connectivity index (χ1v) is 8.33. The van der Waals surface area contributed by atoms with E-state index in [0.29, 0.717) is 17.3 Å². The van der Waals surface area contributed by atoms with Crippen LogP contribution in [0.2, 0.25) is 0 Å². The molecule has 140 valence electrons. The zero-order chi connectivity index (χ0) is 18.9. The molecule has 1 atom stereocenters. The lowest BCUT2D eigenvalue weighted by Gasteiger charge is -2.33. The van der Waals surface area contributed by atoms with Gasteiger partial charge < -0.3 is 4.90 Å². The molecule has 9 heteroatoms. The number of nitrogens with one attached hydrogen (secondary N) is 1. The number of amides is 1. The molecule has 1 aromatic carbocycles. The number of carbonyl (C=O) groups is 1. The van der Waals surface area contributed by atoms with Crippen molar-refractivity contribution in [2.75, 3.05) is 13.1 Å². The number of alkyl halides is 3. The number of hydrogen-bond acceptors (Lipinski definition) is 3. The van der Waals surface area contributed by atoms with E-state index in [1.54, 1.807) is 24.3 Å². The van der Waals surface area contributed by atoms with Crippen molar-refractivity contribution in [3.8, 4) is 0 Å². The highest BCUT2D eigenvalue weighted by Gasteiger charge is 2.42. The minimum Gasteiger partial charge on any atom is -0.342 e. The number of piperidine rings is 1. The highest BCUT2D eigenvalue weighted by molar-refractivity contribution is 5.79. The number of carbonyl (C=O) groups excluding carboxylic acids is 1. The van der Waals surface area contributed by atoms with Crippen molar-refractivity contribution in [2.24, 2.45) is 5.92 Å². The number of halogens is 3. The Morgan fingerprint density at radius 1 is 1.23 bits per heavy atom. The molecule has 1 fully saturated rings. The monoisotopic (exact) mass is 369 g/mol. The maximum absolute atomic E-state index is 12.9. The van der Waals surface area contributed by atoms with E-state index < -0.39 is 29.3 Å². The molecular weight excluding hydrogens is 351 g/mol. The number of aromatic amines is 1. The van der Waals surface area contributed by atoms with Gasteiger partial charge in [-0.15, -0.1) is 0 Å². The number of para-hydroxylation sites is 1. The van der Waals surface area contributed by atoms with Gasteiger partial charge in [0.1, 0.15) is 0 Å². The Bertz CT molecular complexity index is 932. The second-order valence-electron chi connectivity index (χ2n) is 6.40. The maximum Gasteiger partial charge on any atom is 0.393 e. The van der Waals surface area contributed by atoms with Gasteiger partial charge in [0.25, 0.3) is 5.56 Å². The van der Waals surface area contributed by atoms with Crippen molar-refractivity contribution in [3.63, 3.8) is 0 Å². The lowest BCUT2D eigenvalue weighted by Crippen LogP contribution is -2.45. The molecule has 0 radical (unpaired) electrons. The number of hydrogen-bond donors (Lipinski definition) is 1. The number of aryl methyl sites for hydroxylation is 1. The van der Waals surface area contributed by atoms with Gasteiger partial charge in [-0.25, -0.2) is 4.79 Å². The fraction of sp³-hybridized carbons (Fsp3) is 0.471. The van der Waals surface area contributed by atoms with Crippen LogP contribution >= 0.6 is 0 Å². The molecule has 1 amide bonds. The molecule has 1 saturated heterocycles. The summed E-state index contributed by atoms with van der Waals surface area (Å²) in [5, 5.41) is 0.314. The van der Waals surface area contributed by atoms with Gasteiger partial charge >= 0.3 is 11.9 Å². The van der Waals surface area contributed by atoms with Gasteiger partial charge in [-0.1, -0.05) is 12.1 Å². The van der Waals surface area contributed by atoms with Crippen LogP contribution in [0.3, 0.4) is 0 Å². The van der Waals surface area contributed by atoms with Crippen LogP contribution < -0.4 is 11.2 Å². The Morgan fingerprint density at radius 3 is 2.69 bits per heavy atom. The number of fused-ring (bicyclic) bond motifs is 1. The third-order valence-electron chi connectivity index (χ3n) is 4.69. The van der Waals surface area contributed by atoms with E-state index in [0.717, 1.165) is 0 Å². The molecule has 0 saturated carbocycles. The van der Waals surface area contributed by atoms with Crippen LogP contribution in [-0.2, 0) is 11.3 Å². The number of aromatic nitrogens is 2. The van der Waals surface area contributed by atoms with Crippen LogP contribution in [-0.4, -0.2) is 39.6 Å². The van der Waals surface area contributed by atoms with Gasteiger partial charge in [0.05, 0.1) is 16.8 Å². The highest BCUT2D eigenvalue weighted by Crippen LogP contribution is 2.33. The number of rotatable bonds is 3. The van der Waals surface area contributed by atoms with Crippen molar-refractivity contribution in [3.05, 3.63) is 45.1 Å². The van der Waals surface area contributed by atoms with Crippen molar-refractivity contribution in [1.29, 1.82) is 0 Å². The number of benzene rings is 1. The average Bonchev–Trinajstić information content (AvgIpc) is 2.60. The van der Waals surface area contributed by atoms with Gasteiger partial charge in [0.2, 0.25) is 5.91 Å². The smallest absolute Gasteiger partial charge is 0.342 e. The molecule has 2 aromatic rings. The summed E-state index contributed by atoms with van der Waals surface area (Å²) in [7, 11) is 0. The Morgan fingerprint density at radius 2 is 1.96 bits per heavy atom. The van der Waals surface area contributed by atoms with E-state index in [-0.39, 0.29) is 32.5 Å². The summed E-state index contributed by atoms with van der Waals surface area (Å²) in [6, 6.07) is 6.47. The van der Waals surface area contributed by atoms with Crippen LogP contribution in [0.25, 0.3) is 10.9 Å². The molecule has 2 heterocycles. The predicted molar refractivity (Wildman–Crippen MR) is 88.8 cm³/mol. The lowest BCUT2D eigenvalue weighted by molar-refractivity contribution is -0.188. The minimum absolute atomic E-state index is 0.0118. The number of H-pyrrole nitrogens is 1. The van der Waals surface area contributed by atoms with Crippen molar-refractivity contribution < 1.29 is 18.0 Å². The summed E-state index contributed by atoms with van der Waals surface area (Å²) in [5.74, 6) is -1.93. The van der Waals surface area contributed by atoms with E-state index >= 15 is 0 Å². The molecule has 1 aliphatic rings. The quantitative estimate of drug-likeness (QED) is 0.898. The third-order valence-corrected chi connectivity index (χ3v) is 4.69. The zero-order valence-corrected chi connectivity index (χ0v) is 13.9. The Kier molecular flexibility index (Phi) is 4.88. The summed E-state index contributed by atoms with van der Waals surface area (Å²) < 4.78 is 39.9. The normalized spacial score (nSPS) is 18.3. The van der Waals surface area contributed by atoms with Gasteiger partial charge in [-0.05, 0) is 25.0 Å². The number of likely N-dealkylation sites (tertiary alicyclic amines) is 1. The number of nitrogens with zero attached hydrogens (tertiary/aromatic N) is 2. The van der Waals surface area contributed by atoms with Gasteiger partial charge in [0, 0.05) is 26.1 Å². The Labute approximate surface area is 146 Å². The fourth-order valence-electron chi connectivity index (χ4n) is 3.30. The second kappa shape index (κ2) is 6.97. The maximum atomic E-state index is 12.9. The van der Waals surface area contributed by atoms with Gasteiger partial charge in [-0.2, -0.15) is 13.2 Å². The molecule has 0 bridgehead atoms. The molecule has 6 nitrogen and oxygen atoms in total. The molecular formula is C17H18F3N3O3. The van der Waals surface area contributed by atoms with Crippen LogP contribution in [0.4, 0.5) is 13.2 Å². The molecule has 0 aliphatic carbocycles. The third kappa shape index (κ3) is 3.66. The van der Waals surface area contributed by atoms with Gasteiger partial charge in [0.15, 0.2) is 0 Å². The van der Waals surface area contributed by atoms with Crippen LogP contribution in [0.15, 0.2) is 33.9 Å². The first-order valence-electron chi connectivity index (χ1n) is 8.33. The first kappa shape index (κ1) is 18.2. The summed E-state index contributed by atoms with van der Waals surface area (Å²) in [6.45, 7) is -0.0710. The van der Waals surface area contributed by atoms with Crippen LogP contribution in [0.1, 0.15) is 19.3 Å². The van der Waals surface area contributed by atoms with Crippen molar-refractivity contribution in [1.82, 2.24) is 14.5 Å². The van der Waals surface area contributed by atoms with Crippen LogP contribution in [0, 0.1) is 5.92 Å². The molecule has 1 unspecified atom stereocenters. The van der Waals surface area contributed by atoms with Crippen molar-refractivity contribution >= 4 is 16.8 Å². The van der Waals surface area contributed by atoms with E-state index in [9.17, 15) is 27.6 Å². The largest absolute Gasteiger partial charge is 0.393 e. The highest BCUT2D eigenvalue weighted by atomic mass is 19.4. The van der Waals surface area contributed by atoms with Gasteiger partial charge in [-0.3, -0.25) is 19.1 Å². The van der Waals surface area contributed by atoms with E-state index in [2.05, 4.69) is 4.98 Å². The van der Waals surface area contributed by atoms with Crippen LogP contribution in [0.5, 0.6) is 0 Å². The topological polar surface area (TPSA) is 75.2 Å². The summed E-state index contributed by atoms with van der Waals surface area (Å²) in [4.78, 5) is 39.6. The molecule has 1 aromatic heterocycles. The SMILES string of the molecule is O=C(CCn1c(=O)[nH]c(=O)c2ccccc21)N1CCCC(C(F)(F)F)C1. The Hall–Kier alpha value is -2.58. The second-order valence-corrected chi connectivity index (χ2v) is 6.40. The molecule has 1 N–H and O–H groups in total. The van der Waals surface area contributed by atoms with E-state index in [1.165, 1.54) is 9.47 Å². The Balaban J connectivity index is 1.75. The zero-order valence-electron chi connectivity index (χ0n) is 13.9. The predicted octanol–water partition coefficient (Wildman–Crippen LogP) is 1.88. The van der Waals surface area contributed by atoms with E-state index in [1.807, 2.05) is 0 Å². The summed E-state index contributed by atoms with van der Waals surface area (Å²) in [6.07, 6.45) is -4.10. The molecule has 3 rings (SSSR count). The summed E-state index contributed by atoms with van der Waals surface area (Å²) in [5.41, 5.74) is -0.772. The minimum atomic E-state index is -4.31. The molecule has 26 heavy (non-hydrogen) atoms. The standard InChI is InChI=1S/C17H18F3N3O3/c18-17(19,20)11-4-3-8-22(10-11)14(24)7-9-23-13-6-2-1-5-12(13)15(25)21-16(23)26/h1-2,5-6,11H,3-4,7-10H2,(H,21,25,26). The average molecular weight is 369 g/mol.